The fourth-order valence-corrected chi connectivity index (χ4v) is 4.65. The monoisotopic (exact) mass is 550 g/mol. The highest BCUT2D eigenvalue weighted by molar-refractivity contribution is 6.42. The third-order valence-electron chi connectivity index (χ3n) is 6.16. The van der Waals surface area contributed by atoms with E-state index >= 15 is 0 Å². The Balaban J connectivity index is 0.00000204. The molecule has 0 atom stereocenters. The number of aromatic nitrogens is 4. The Hall–Kier alpha value is -1.55. The predicted octanol–water partition coefficient (Wildman–Crippen LogP) is 3.18. The van der Waals surface area contributed by atoms with Gasteiger partial charge in [0.15, 0.2) is 11.2 Å². The lowest BCUT2D eigenvalue weighted by Gasteiger charge is -2.22. The van der Waals surface area contributed by atoms with E-state index in [2.05, 4.69) is 14.8 Å². The van der Waals surface area contributed by atoms with Crippen molar-refractivity contribution >= 4 is 59.2 Å². The van der Waals surface area contributed by atoms with Gasteiger partial charge in [-0.2, -0.15) is 0 Å². The Labute approximate surface area is 220 Å². The van der Waals surface area contributed by atoms with Gasteiger partial charge in [0.05, 0.1) is 16.4 Å². The molecule has 0 amide bonds. The second-order valence-corrected chi connectivity index (χ2v) is 9.20. The molecular weight excluding hydrogens is 522 g/mol. The fraction of sp³-hybridized carbons (Fsp3) is 0.500. The first-order valence-electron chi connectivity index (χ1n) is 10.8. The maximum atomic E-state index is 12.6. The molecule has 0 aliphatic carbocycles. The summed E-state index contributed by atoms with van der Waals surface area (Å²) in [4.78, 5) is 33.9. The first-order chi connectivity index (χ1) is 15.3. The minimum atomic E-state index is -0.359. The van der Waals surface area contributed by atoms with Crippen LogP contribution in [0.3, 0.4) is 0 Å². The number of halogens is 4. The summed E-state index contributed by atoms with van der Waals surface area (Å²) in [5, 5.41) is 1.19. The SMILES string of the molecule is Cl.Cl.Cn1c(=O)c2c(ncn2CCCN2CCCN(Cc3ccc(Cl)c(Cl)c3)CC2)n(C)c1=O. The number of fused-ring (bicyclic) bond motifs is 1. The molecule has 2 aromatic heterocycles. The van der Waals surface area contributed by atoms with Crippen molar-refractivity contribution in [3.8, 4) is 0 Å². The Kier molecular flexibility index (Phi) is 10.5. The van der Waals surface area contributed by atoms with Crippen LogP contribution in [0.5, 0.6) is 0 Å². The van der Waals surface area contributed by atoms with E-state index < -0.39 is 0 Å². The molecule has 188 valence electrons. The lowest BCUT2D eigenvalue weighted by molar-refractivity contribution is 0.248. The van der Waals surface area contributed by atoms with Gasteiger partial charge in [-0.3, -0.25) is 18.8 Å². The number of nitrogens with zero attached hydrogens (tertiary/aromatic N) is 6. The molecule has 3 aromatic rings. The first-order valence-corrected chi connectivity index (χ1v) is 11.6. The summed E-state index contributed by atoms with van der Waals surface area (Å²) in [6, 6.07) is 5.84. The van der Waals surface area contributed by atoms with Crippen LogP contribution in [0.1, 0.15) is 18.4 Å². The van der Waals surface area contributed by atoms with Crippen molar-refractivity contribution in [2.45, 2.75) is 25.9 Å². The molecule has 3 heterocycles. The van der Waals surface area contributed by atoms with Gasteiger partial charge in [-0.15, -0.1) is 24.8 Å². The van der Waals surface area contributed by atoms with Crippen molar-refractivity contribution in [2.24, 2.45) is 14.1 Å². The van der Waals surface area contributed by atoms with Gasteiger partial charge < -0.3 is 9.47 Å². The molecule has 8 nitrogen and oxygen atoms in total. The third-order valence-corrected chi connectivity index (χ3v) is 6.90. The second-order valence-electron chi connectivity index (χ2n) is 8.39. The smallest absolute Gasteiger partial charge is 0.325 e. The molecule has 4 rings (SSSR count). The summed E-state index contributed by atoms with van der Waals surface area (Å²) >= 11 is 12.2. The van der Waals surface area contributed by atoms with Crippen molar-refractivity contribution in [1.82, 2.24) is 28.5 Å². The molecule has 34 heavy (non-hydrogen) atoms. The van der Waals surface area contributed by atoms with Crippen molar-refractivity contribution < 1.29 is 0 Å². The minimum Gasteiger partial charge on any atom is -0.325 e. The Morgan fingerprint density at radius 1 is 0.912 bits per heavy atom. The zero-order chi connectivity index (χ0) is 22.8. The highest BCUT2D eigenvalue weighted by Crippen LogP contribution is 2.23. The van der Waals surface area contributed by atoms with Crippen LogP contribution in [-0.4, -0.2) is 61.2 Å². The highest BCUT2D eigenvalue weighted by atomic mass is 35.5. The summed E-state index contributed by atoms with van der Waals surface area (Å²) in [7, 11) is 3.14. The number of benzene rings is 1. The summed E-state index contributed by atoms with van der Waals surface area (Å²) in [5.74, 6) is 0. The Bertz CT molecular complexity index is 1240. The summed E-state index contributed by atoms with van der Waals surface area (Å²) in [6.45, 7) is 6.61. The van der Waals surface area contributed by atoms with Gasteiger partial charge in [-0.25, -0.2) is 9.78 Å². The predicted molar refractivity (Wildman–Crippen MR) is 142 cm³/mol. The topological polar surface area (TPSA) is 68.3 Å². The average Bonchev–Trinajstić information content (AvgIpc) is 3.07. The maximum absolute atomic E-state index is 12.6. The van der Waals surface area contributed by atoms with Crippen LogP contribution in [0.15, 0.2) is 34.1 Å². The number of imidazole rings is 1. The standard InChI is InChI=1S/C22H28Cl2N6O2.2ClH/c1-26-20-19(21(31)27(2)22(26)32)30(15-25-20)10-4-8-28-7-3-9-29(12-11-28)14-16-5-6-17(23)18(24)13-16;;/h5-6,13,15H,3-4,7-12,14H2,1-2H3;2*1H. The highest BCUT2D eigenvalue weighted by Gasteiger charge is 2.17. The van der Waals surface area contributed by atoms with E-state index in [0.29, 0.717) is 27.8 Å². The Morgan fingerprint density at radius 2 is 1.62 bits per heavy atom. The molecule has 1 fully saturated rings. The van der Waals surface area contributed by atoms with Gasteiger partial charge in [0, 0.05) is 40.3 Å². The average molecular weight is 552 g/mol. The number of hydrogen-bond donors (Lipinski definition) is 0. The molecular formula is C22H30Cl4N6O2. The zero-order valence-corrected chi connectivity index (χ0v) is 22.4. The van der Waals surface area contributed by atoms with E-state index in [1.807, 2.05) is 22.8 Å². The molecule has 0 saturated carbocycles. The molecule has 1 aromatic carbocycles. The molecule has 0 N–H and O–H groups in total. The van der Waals surface area contributed by atoms with Gasteiger partial charge in [0.25, 0.3) is 5.56 Å². The summed E-state index contributed by atoms with van der Waals surface area (Å²) < 4.78 is 4.42. The molecule has 0 radical (unpaired) electrons. The first kappa shape index (κ1) is 28.7. The maximum Gasteiger partial charge on any atom is 0.332 e. The van der Waals surface area contributed by atoms with Crippen molar-refractivity contribution in [3.63, 3.8) is 0 Å². The largest absolute Gasteiger partial charge is 0.332 e. The van der Waals surface area contributed by atoms with Crippen LogP contribution in [0.2, 0.25) is 10.0 Å². The minimum absolute atomic E-state index is 0. The number of aryl methyl sites for hydroxylation is 2. The summed E-state index contributed by atoms with van der Waals surface area (Å²) in [6.07, 6.45) is 3.68. The van der Waals surface area contributed by atoms with Crippen molar-refractivity contribution in [2.75, 3.05) is 32.7 Å². The van der Waals surface area contributed by atoms with Crippen LogP contribution < -0.4 is 11.2 Å². The van der Waals surface area contributed by atoms with Gasteiger partial charge in [0.2, 0.25) is 0 Å². The Morgan fingerprint density at radius 3 is 2.35 bits per heavy atom. The quantitative estimate of drug-likeness (QED) is 0.470. The van der Waals surface area contributed by atoms with E-state index in [-0.39, 0.29) is 36.1 Å². The van der Waals surface area contributed by atoms with Crippen LogP contribution in [0.25, 0.3) is 11.2 Å². The van der Waals surface area contributed by atoms with E-state index in [9.17, 15) is 9.59 Å². The van der Waals surface area contributed by atoms with Gasteiger partial charge >= 0.3 is 5.69 Å². The molecule has 1 saturated heterocycles. The van der Waals surface area contributed by atoms with Crippen LogP contribution >= 0.6 is 48.0 Å². The molecule has 1 aliphatic heterocycles. The van der Waals surface area contributed by atoms with Crippen LogP contribution in [-0.2, 0) is 27.2 Å². The van der Waals surface area contributed by atoms with Gasteiger partial charge in [-0.05, 0) is 50.2 Å². The zero-order valence-electron chi connectivity index (χ0n) is 19.2. The van der Waals surface area contributed by atoms with Crippen molar-refractivity contribution in [1.29, 1.82) is 0 Å². The molecule has 0 unspecified atom stereocenters. The normalized spacial score (nSPS) is 15.1. The van der Waals surface area contributed by atoms with E-state index in [4.69, 9.17) is 23.2 Å². The molecule has 0 spiro atoms. The second kappa shape index (κ2) is 12.4. The number of rotatable bonds is 6. The lowest BCUT2D eigenvalue weighted by atomic mass is 10.2. The lowest BCUT2D eigenvalue weighted by Crippen LogP contribution is -2.37. The van der Waals surface area contributed by atoms with Gasteiger partial charge in [0.1, 0.15) is 0 Å². The fourth-order valence-electron chi connectivity index (χ4n) is 4.33. The van der Waals surface area contributed by atoms with Crippen LogP contribution in [0, 0.1) is 0 Å². The van der Waals surface area contributed by atoms with E-state index in [0.717, 1.165) is 56.7 Å². The molecule has 12 heteroatoms. The van der Waals surface area contributed by atoms with Crippen molar-refractivity contribution in [3.05, 3.63) is 61.0 Å². The summed E-state index contributed by atoms with van der Waals surface area (Å²) in [5.41, 5.74) is 1.44. The molecule has 1 aliphatic rings. The number of hydrogen-bond acceptors (Lipinski definition) is 5. The molecule has 0 bridgehead atoms. The van der Waals surface area contributed by atoms with E-state index in [1.54, 1.807) is 13.4 Å². The van der Waals surface area contributed by atoms with Crippen LogP contribution in [0.4, 0.5) is 0 Å². The van der Waals surface area contributed by atoms with E-state index in [1.165, 1.54) is 17.2 Å². The third kappa shape index (κ3) is 6.17. The van der Waals surface area contributed by atoms with Gasteiger partial charge in [-0.1, -0.05) is 29.3 Å².